The van der Waals surface area contributed by atoms with Gasteiger partial charge < -0.3 is 28.7 Å². The van der Waals surface area contributed by atoms with Gasteiger partial charge in [-0.25, -0.2) is 9.97 Å². The SMILES string of the molecule is COc1ccc(COc2cccc(Nc3ncnc4cc(-c5ccc(C6OCCO6)o5)sc34)c2)cc1. The number of ether oxygens (including phenoxy) is 4. The molecule has 0 amide bonds. The molecule has 9 heteroatoms. The zero-order valence-corrected chi connectivity index (χ0v) is 20.3. The van der Waals surface area contributed by atoms with Gasteiger partial charge in [0, 0.05) is 11.8 Å². The van der Waals surface area contributed by atoms with E-state index in [4.69, 9.17) is 23.4 Å². The van der Waals surface area contributed by atoms with Gasteiger partial charge in [0.2, 0.25) is 6.29 Å². The largest absolute Gasteiger partial charge is 0.497 e. The van der Waals surface area contributed by atoms with Crippen LogP contribution in [-0.4, -0.2) is 30.3 Å². The van der Waals surface area contributed by atoms with Gasteiger partial charge >= 0.3 is 0 Å². The van der Waals surface area contributed by atoms with Gasteiger partial charge in [0.1, 0.15) is 30.2 Å². The number of aromatic nitrogens is 2. The molecule has 6 rings (SSSR count). The molecule has 0 radical (unpaired) electrons. The molecule has 0 saturated carbocycles. The second-order valence-electron chi connectivity index (χ2n) is 8.11. The summed E-state index contributed by atoms with van der Waals surface area (Å²) in [5, 5.41) is 3.41. The topological polar surface area (TPSA) is 87.9 Å². The van der Waals surface area contributed by atoms with Gasteiger partial charge in [0.25, 0.3) is 0 Å². The van der Waals surface area contributed by atoms with Crippen molar-refractivity contribution in [3.63, 3.8) is 0 Å². The molecule has 1 aliphatic rings. The van der Waals surface area contributed by atoms with E-state index in [1.54, 1.807) is 24.8 Å². The summed E-state index contributed by atoms with van der Waals surface area (Å²) < 4.78 is 29.2. The van der Waals surface area contributed by atoms with Crippen LogP contribution in [0.15, 0.2) is 77.5 Å². The predicted octanol–water partition coefficient (Wildman–Crippen LogP) is 6.33. The molecule has 182 valence electrons. The molecule has 8 nitrogen and oxygen atoms in total. The summed E-state index contributed by atoms with van der Waals surface area (Å²) in [6.07, 6.45) is 1.11. The van der Waals surface area contributed by atoms with Gasteiger partial charge in [-0.2, -0.15) is 0 Å². The van der Waals surface area contributed by atoms with Crippen molar-refractivity contribution in [3.8, 4) is 22.1 Å². The highest BCUT2D eigenvalue weighted by Crippen LogP contribution is 2.38. The number of nitrogens with zero attached hydrogens (tertiary/aromatic N) is 2. The second kappa shape index (κ2) is 9.98. The molecule has 3 aromatic heterocycles. The Kier molecular flexibility index (Phi) is 6.25. The Labute approximate surface area is 211 Å². The summed E-state index contributed by atoms with van der Waals surface area (Å²) in [5.41, 5.74) is 2.77. The maximum atomic E-state index is 6.00. The lowest BCUT2D eigenvalue weighted by Gasteiger charge is -2.10. The number of furan rings is 1. The number of rotatable bonds is 8. The van der Waals surface area contributed by atoms with Crippen molar-refractivity contribution >= 4 is 33.1 Å². The van der Waals surface area contributed by atoms with Gasteiger partial charge in [-0.05, 0) is 48.0 Å². The number of thiophene rings is 1. The highest BCUT2D eigenvalue weighted by molar-refractivity contribution is 7.22. The Bertz CT molecular complexity index is 1470. The molecular formula is C27H23N3O5S. The minimum atomic E-state index is -0.440. The molecule has 5 aromatic rings. The lowest BCUT2D eigenvalue weighted by Crippen LogP contribution is -1.97. The van der Waals surface area contributed by atoms with E-state index >= 15 is 0 Å². The Morgan fingerprint density at radius 2 is 1.83 bits per heavy atom. The first-order chi connectivity index (χ1) is 17.7. The van der Waals surface area contributed by atoms with Crippen LogP contribution in [0.4, 0.5) is 11.5 Å². The van der Waals surface area contributed by atoms with E-state index in [1.165, 1.54) is 0 Å². The molecule has 0 aliphatic carbocycles. The van der Waals surface area contributed by atoms with Gasteiger partial charge in [0.05, 0.1) is 35.4 Å². The van der Waals surface area contributed by atoms with Crippen LogP contribution in [0.3, 0.4) is 0 Å². The van der Waals surface area contributed by atoms with E-state index in [0.717, 1.165) is 49.4 Å². The fraction of sp³-hybridized carbons (Fsp3) is 0.185. The molecule has 0 unspecified atom stereocenters. The Hall–Kier alpha value is -3.92. The first kappa shape index (κ1) is 22.5. The maximum Gasteiger partial charge on any atom is 0.217 e. The zero-order valence-electron chi connectivity index (χ0n) is 19.5. The second-order valence-corrected chi connectivity index (χ2v) is 9.16. The number of fused-ring (bicyclic) bond motifs is 1. The van der Waals surface area contributed by atoms with E-state index in [-0.39, 0.29) is 0 Å². The van der Waals surface area contributed by atoms with Crippen molar-refractivity contribution in [1.29, 1.82) is 0 Å². The lowest BCUT2D eigenvalue weighted by molar-refractivity contribution is -0.0584. The van der Waals surface area contributed by atoms with Crippen molar-refractivity contribution in [2.24, 2.45) is 0 Å². The van der Waals surface area contributed by atoms with Crippen LogP contribution in [0.25, 0.3) is 20.9 Å². The minimum absolute atomic E-state index is 0.440. The number of anilines is 2. The summed E-state index contributed by atoms with van der Waals surface area (Å²) in [5.74, 6) is 3.70. The van der Waals surface area contributed by atoms with Crippen LogP contribution in [0.5, 0.6) is 11.5 Å². The molecule has 0 bridgehead atoms. The third-order valence-electron chi connectivity index (χ3n) is 5.70. The maximum absolute atomic E-state index is 6.00. The van der Waals surface area contributed by atoms with Crippen LogP contribution >= 0.6 is 11.3 Å². The summed E-state index contributed by atoms with van der Waals surface area (Å²) in [7, 11) is 1.65. The van der Waals surface area contributed by atoms with Crippen LogP contribution in [-0.2, 0) is 16.1 Å². The number of benzene rings is 2. The average Bonchev–Trinajstić information content (AvgIpc) is 3.68. The molecule has 0 spiro atoms. The molecule has 1 aliphatic heterocycles. The molecule has 1 saturated heterocycles. The highest BCUT2D eigenvalue weighted by Gasteiger charge is 2.23. The van der Waals surface area contributed by atoms with E-state index in [0.29, 0.717) is 25.6 Å². The monoisotopic (exact) mass is 501 g/mol. The Morgan fingerprint density at radius 1 is 0.972 bits per heavy atom. The van der Waals surface area contributed by atoms with Crippen LogP contribution in [0.1, 0.15) is 17.6 Å². The molecule has 4 heterocycles. The van der Waals surface area contributed by atoms with E-state index in [9.17, 15) is 0 Å². The fourth-order valence-electron chi connectivity index (χ4n) is 3.89. The molecular weight excluding hydrogens is 478 g/mol. The lowest BCUT2D eigenvalue weighted by atomic mass is 10.2. The number of methoxy groups -OCH3 is 1. The molecule has 36 heavy (non-hydrogen) atoms. The van der Waals surface area contributed by atoms with Gasteiger partial charge in [0.15, 0.2) is 11.6 Å². The summed E-state index contributed by atoms with van der Waals surface area (Å²) >= 11 is 1.56. The smallest absolute Gasteiger partial charge is 0.217 e. The number of nitrogens with one attached hydrogen (secondary N) is 1. The zero-order chi connectivity index (χ0) is 24.3. The third-order valence-corrected chi connectivity index (χ3v) is 6.84. The normalized spacial score (nSPS) is 13.8. The Morgan fingerprint density at radius 3 is 2.67 bits per heavy atom. The summed E-state index contributed by atoms with van der Waals surface area (Å²) in [4.78, 5) is 9.88. The predicted molar refractivity (Wildman–Crippen MR) is 137 cm³/mol. The highest BCUT2D eigenvalue weighted by atomic mass is 32.1. The van der Waals surface area contributed by atoms with Crippen molar-refractivity contribution in [1.82, 2.24) is 9.97 Å². The molecule has 1 N–H and O–H groups in total. The fourth-order valence-corrected chi connectivity index (χ4v) is 4.91. The quantitative estimate of drug-likeness (QED) is 0.264. The first-order valence-electron chi connectivity index (χ1n) is 11.5. The summed E-state index contributed by atoms with van der Waals surface area (Å²) in [6, 6.07) is 21.4. The third kappa shape index (κ3) is 4.76. The Balaban J connectivity index is 1.19. The summed E-state index contributed by atoms with van der Waals surface area (Å²) in [6.45, 7) is 1.60. The molecule has 0 atom stereocenters. The standard InChI is InChI=1S/C27H23N3O5S/c1-31-19-7-5-17(6-8-19)15-34-20-4-2-3-18(13-20)30-26-25-21(28-16-29-26)14-24(36-25)22-9-10-23(35-22)27-32-11-12-33-27/h2-10,13-14,16,27H,11-12,15H2,1H3,(H,28,29,30). The average molecular weight is 502 g/mol. The van der Waals surface area contributed by atoms with Gasteiger partial charge in [-0.3, -0.25) is 0 Å². The van der Waals surface area contributed by atoms with E-state index < -0.39 is 6.29 Å². The van der Waals surface area contributed by atoms with Crippen molar-refractivity contribution < 1.29 is 23.4 Å². The van der Waals surface area contributed by atoms with Crippen molar-refractivity contribution in [3.05, 3.63) is 84.4 Å². The van der Waals surface area contributed by atoms with Crippen molar-refractivity contribution in [2.75, 3.05) is 25.6 Å². The number of hydrogen-bond donors (Lipinski definition) is 1. The van der Waals surface area contributed by atoms with Gasteiger partial charge in [-0.1, -0.05) is 18.2 Å². The first-order valence-corrected chi connectivity index (χ1v) is 12.3. The van der Waals surface area contributed by atoms with Crippen LogP contribution in [0, 0.1) is 0 Å². The molecule has 2 aromatic carbocycles. The number of hydrogen-bond acceptors (Lipinski definition) is 9. The minimum Gasteiger partial charge on any atom is -0.497 e. The van der Waals surface area contributed by atoms with Crippen molar-refractivity contribution in [2.45, 2.75) is 12.9 Å². The van der Waals surface area contributed by atoms with E-state index in [2.05, 4.69) is 15.3 Å². The molecule has 1 fully saturated rings. The van der Waals surface area contributed by atoms with Crippen LogP contribution in [0.2, 0.25) is 0 Å². The van der Waals surface area contributed by atoms with E-state index in [1.807, 2.05) is 66.7 Å². The van der Waals surface area contributed by atoms with Gasteiger partial charge in [-0.15, -0.1) is 11.3 Å². The van der Waals surface area contributed by atoms with Crippen LogP contribution < -0.4 is 14.8 Å².